The van der Waals surface area contributed by atoms with Crippen molar-refractivity contribution in [2.24, 2.45) is 11.8 Å². The van der Waals surface area contributed by atoms with Gasteiger partial charge in [-0.15, -0.1) is 11.8 Å². The Balaban J connectivity index is 1.87. The number of aliphatic hydroxyl groups is 1. The van der Waals surface area contributed by atoms with Crippen molar-refractivity contribution in [1.29, 1.82) is 0 Å². The summed E-state index contributed by atoms with van der Waals surface area (Å²) in [6, 6.07) is -1.14. The van der Waals surface area contributed by atoms with E-state index in [9.17, 15) is 19.5 Å². The Kier molecular flexibility index (Phi) is 7.45. The molecule has 0 saturated carbocycles. The second kappa shape index (κ2) is 9.92. The highest BCUT2D eigenvalue weighted by Crippen LogP contribution is 2.65. The lowest BCUT2D eigenvalue weighted by atomic mass is 9.74. The van der Waals surface area contributed by atoms with E-state index in [-0.39, 0.29) is 30.4 Å². The zero-order valence-corrected chi connectivity index (χ0v) is 22.6. The van der Waals surface area contributed by atoms with Crippen molar-refractivity contribution >= 4 is 29.5 Å². The van der Waals surface area contributed by atoms with E-state index < -0.39 is 33.4 Å². The molecule has 4 aliphatic rings. The number of aliphatic hydroxyl groups excluding tert-OH is 1. The Morgan fingerprint density at radius 1 is 1.03 bits per heavy atom. The molecular weight excluding hydrogens is 462 g/mol. The van der Waals surface area contributed by atoms with Crippen LogP contribution in [-0.2, 0) is 14.4 Å². The van der Waals surface area contributed by atoms with Gasteiger partial charge in [0, 0.05) is 30.4 Å². The zero-order valence-electron chi connectivity index (χ0n) is 21.8. The largest absolute Gasteiger partial charge is 0.394 e. The summed E-state index contributed by atoms with van der Waals surface area (Å²) < 4.78 is -1.42. The van der Waals surface area contributed by atoms with Crippen LogP contribution in [0.25, 0.3) is 0 Å². The molecule has 0 aliphatic carbocycles. The standard InChI is InChI=1S/C27H41N3O4S/c1-6-11-18(4)29-16-10-13-27-21(24(33)30(19(8-3)17-31)22(27)25(29)34)20-23(32)28(14-7-2)15-9-12-26(20,5)35-27/h9-10,12-13,18-22,31H,6-8,11,14-17H2,1-5H3/t18?,19-,20-,21-,22?,26+,27-/m0/s1. The van der Waals surface area contributed by atoms with Gasteiger partial charge < -0.3 is 19.8 Å². The lowest BCUT2D eigenvalue weighted by Crippen LogP contribution is -2.57. The van der Waals surface area contributed by atoms with Gasteiger partial charge in [-0.1, -0.05) is 51.5 Å². The molecule has 0 radical (unpaired) electrons. The molecule has 4 heterocycles. The molecule has 194 valence electrons. The number of carbonyl (C=O) groups is 3. The third kappa shape index (κ3) is 3.95. The minimum absolute atomic E-state index is 0.000949. The van der Waals surface area contributed by atoms with Crippen molar-refractivity contribution in [2.75, 3.05) is 26.2 Å². The van der Waals surface area contributed by atoms with Gasteiger partial charge in [-0.05, 0) is 33.1 Å². The van der Waals surface area contributed by atoms with Gasteiger partial charge in [-0.25, -0.2) is 0 Å². The first-order valence-corrected chi connectivity index (χ1v) is 14.1. The normalized spacial score (nSPS) is 36.1. The number of fused-ring (bicyclic) bond motifs is 2. The number of amides is 3. The zero-order chi connectivity index (χ0) is 25.5. The number of hydrogen-bond acceptors (Lipinski definition) is 5. The minimum atomic E-state index is -0.841. The third-order valence-corrected chi connectivity index (χ3v) is 10.2. The van der Waals surface area contributed by atoms with Crippen LogP contribution in [0.1, 0.15) is 60.3 Å². The van der Waals surface area contributed by atoms with Crippen LogP contribution in [-0.4, -0.2) is 91.4 Å². The molecule has 2 saturated heterocycles. The van der Waals surface area contributed by atoms with Crippen LogP contribution in [0.5, 0.6) is 0 Å². The monoisotopic (exact) mass is 503 g/mol. The molecule has 7 atom stereocenters. The van der Waals surface area contributed by atoms with Gasteiger partial charge in [0.2, 0.25) is 17.7 Å². The number of hydrogen-bond donors (Lipinski definition) is 1. The summed E-state index contributed by atoms with van der Waals surface area (Å²) in [6.45, 7) is 11.7. The lowest BCUT2D eigenvalue weighted by molar-refractivity contribution is -0.148. The topological polar surface area (TPSA) is 81.2 Å². The molecule has 3 amide bonds. The molecule has 2 fully saturated rings. The van der Waals surface area contributed by atoms with Crippen LogP contribution >= 0.6 is 11.8 Å². The second-order valence-corrected chi connectivity index (χ2v) is 12.5. The Morgan fingerprint density at radius 3 is 2.37 bits per heavy atom. The van der Waals surface area contributed by atoms with Crippen molar-refractivity contribution in [3.8, 4) is 0 Å². The van der Waals surface area contributed by atoms with E-state index in [2.05, 4.69) is 45.9 Å². The molecule has 1 spiro atoms. The number of carbonyl (C=O) groups excluding carboxylic acids is 3. The van der Waals surface area contributed by atoms with Crippen molar-refractivity contribution in [3.63, 3.8) is 0 Å². The molecular formula is C27H41N3O4S. The third-order valence-electron chi connectivity index (χ3n) is 8.42. The van der Waals surface area contributed by atoms with Gasteiger partial charge in [-0.3, -0.25) is 14.4 Å². The van der Waals surface area contributed by atoms with E-state index in [1.165, 1.54) is 0 Å². The summed E-state index contributed by atoms with van der Waals surface area (Å²) >= 11 is 1.61. The summed E-state index contributed by atoms with van der Waals surface area (Å²) in [5.41, 5.74) is 0. The molecule has 8 heteroatoms. The van der Waals surface area contributed by atoms with Crippen molar-refractivity contribution in [3.05, 3.63) is 24.3 Å². The fourth-order valence-corrected chi connectivity index (χ4v) is 8.92. The number of likely N-dealkylation sites (tertiary alicyclic amines) is 1. The molecule has 0 aromatic rings. The molecule has 1 N–H and O–H groups in total. The Hall–Kier alpha value is -1.80. The minimum Gasteiger partial charge on any atom is -0.394 e. The van der Waals surface area contributed by atoms with Gasteiger partial charge in [0.05, 0.1) is 29.2 Å². The highest BCUT2D eigenvalue weighted by molar-refractivity contribution is 8.02. The predicted octanol–water partition coefficient (Wildman–Crippen LogP) is 2.84. The summed E-state index contributed by atoms with van der Waals surface area (Å²) in [6.07, 6.45) is 11.5. The van der Waals surface area contributed by atoms with Crippen LogP contribution in [0.15, 0.2) is 24.3 Å². The number of thioether (sulfide) groups is 1. The van der Waals surface area contributed by atoms with Crippen molar-refractivity contribution in [2.45, 2.75) is 87.9 Å². The molecule has 4 aliphatic heterocycles. The van der Waals surface area contributed by atoms with Gasteiger partial charge in [0.25, 0.3) is 0 Å². The first-order chi connectivity index (χ1) is 16.7. The van der Waals surface area contributed by atoms with Crippen LogP contribution in [0.3, 0.4) is 0 Å². The fourth-order valence-electron chi connectivity index (χ4n) is 6.78. The summed E-state index contributed by atoms with van der Waals surface area (Å²) in [7, 11) is 0. The van der Waals surface area contributed by atoms with E-state index in [1.54, 1.807) is 16.7 Å². The molecule has 0 aromatic heterocycles. The maximum atomic E-state index is 14.3. The van der Waals surface area contributed by atoms with Gasteiger partial charge in [0.15, 0.2) is 0 Å². The summed E-state index contributed by atoms with van der Waals surface area (Å²) in [5, 5.41) is 10.2. The molecule has 7 nitrogen and oxygen atoms in total. The summed E-state index contributed by atoms with van der Waals surface area (Å²) in [5.74, 6) is -1.42. The van der Waals surface area contributed by atoms with E-state index in [4.69, 9.17) is 0 Å². The second-order valence-electron chi connectivity index (χ2n) is 10.7. The van der Waals surface area contributed by atoms with Crippen LogP contribution in [0.2, 0.25) is 0 Å². The van der Waals surface area contributed by atoms with E-state index in [0.717, 1.165) is 19.3 Å². The molecule has 4 rings (SSSR count). The number of nitrogens with zero attached hydrogens (tertiary/aromatic N) is 3. The first kappa shape index (κ1) is 26.3. The highest BCUT2D eigenvalue weighted by Gasteiger charge is 2.74. The fraction of sp³-hybridized carbons (Fsp3) is 0.741. The van der Waals surface area contributed by atoms with Gasteiger partial charge in [0.1, 0.15) is 6.04 Å². The number of rotatable bonds is 8. The van der Waals surface area contributed by atoms with Crippen molar-refractivity contribution < 1.29 is 19.5 Å². The van der Waals surface area contributed by atoms with Crippen LogP contribution in [0.4, 0.5) is 0 Å². The molecule has 35 heavy (non-hydrogen) atoms. The Labute approximate surface area is 214 Å². The smallest absolute Gasteiger partial charge is 0.247 e. The molecule has 0 aromatic carbocycles. The first-order valence-electron chi connectivity index (χ1n) is 13.3. The van der Waals surface area contributed by atoms with E-state index >= 15 is 0 Å². The average Bonchev–Trinajstić information content (AvgIpc) is 3.09. The van der Waals surface area contributed by atoms with Gasteiger partial charge >= 0.3 is 0 Å². The SMILES string of the molecule is CCCC(C)N1CC=C[C@]23S[C@]4(C)C=CCN(CCC)C(=O)[C@@H]4[C@H]2C(=O)N([C@@H](CC)CO)C3C1=O. The molecule has 0 bridgehead atoms. The quantitative estimate of drug-likeness (QED) is 0.515. The van der Waals surface area contributed by atoms with E-state index in [1.807, 2.05) is 22.8 Å². The van der Waals surface area contributed by atoms with Gasteiger partial charge in [-0.2, -0.15) is 0 Å². The van der Waals surface area contributed by atoms with Crippen LogP contribution < -0.4 is 0 Å². The average molecular weight is 504 g/mol. The Bertz CT molecular complexity index is 918. The summed E-state index contributed by atoms with van der Waals surface area (Å²) in [4.78, 5) is 47.9. The molecule has 2 unspecified atom stereocenters. The van der Waals surface area contributed by atoms with Crippen LogP contribution in [0, 0.1) is 11.8 Å². The maximum absolute atomic E-state index is 14.3. The van der Waals surface area contributed by atoms with Crippen molar-refractivity contribution in [1.82, 2.24) is 14.7 Å². The highest BCUT2D eigenvalue weighted by atomic mass is 32.2. The predicted molar refractivity (Wildman–Crippen MR) is 139 cm³/mol. The Morgan fingerprint density at radius 2 is 1.74 bits per heavy atom. The maximum Gasteiger partial charge on any atom is 0.247 e. The lowest BCUT2D eigenvalue weighted by Gasteiger charge is -2.40. The van der Waals surface area contributed by atoms with E-state index in [0.29, 0.717) is 26.1 Å².